The van der Waals surface area contributed by atoms with E-state index in [1.807, 2.05) is 43.5 Å². The second-order valence-corrected chi connectivity index (χ2v) is 11.6. The van der Waals surface area contributed by atoms with Crippen LogP contribution in [0.2, 0.25) is 0 Å². The number of hydrogen-bond donors (Lipinski definition) is 2. The second-order valence-electron chi connectivity index (χ2n) is 11.6. The summed E-state index contributed by atoms with van der Waals surface area (Å²) in [5.74, 6) is -0.281. The Morgan fingerprint density at radius 2 is 1.95 bits per heavy atom. The number of piperidine rings is 1. The van der Waals surface area contributed by atoms with Gasteiger partial charge in [0.25, 0.3) is 5.91 Å². The van der Waals surface area contributed by atoms with Crippen LogP contribution in [-0.2, 0) is 29.0 Å². The zero-order chi connectivity index (χ0) is 28.2. The molecule has 9 heteroatoms. The highest BCUT2D eigenvalue weighted by Crippen LogP contribution is 2.43. The van der Waals surface area contributed by atoms with E-state index in [2.05, 4.69) is 21.4 Å². The number of carbonyl (C=O) groups is 3. The Labute approximate surface area is 237 Å². The molecule has 2 bridgehead atoms. The summed E-state index contributed by atoms with van der Waals surface area (Å²) in [6, 6.07) is 13.0. The van der Waals surface area contributed by atoms with Crippen molar-refractivity contribution >= 4 is 34.4 Å². The molecule has 9 nitrogen and oxygen atoms in total. The van der Waals surface area contributed by atoms with Gasteiger partial charge in [-0.15, -0.1) is 0 Å². The Morgan fingerprint density at radius 1 is 1.07 bits per heavy atom. The van der Waals surface area contributed by atoms with E-state index in [-0.39, 0.29) is 30.3 Å². The largest absolute Gasteiger partial charge is 0.366 e. The first-order valence-corrected chi connectivity index (χ1v) is 14.3. The van der Waals surface area contributed by atoms with Gasteiger partial charge in [-0.05, 0) is 92.8 Å². The van der Waals surface area contributed by atoms with Gasteiger partial charge in [0.2, 0.25) is 11.8 Å². The van der Waals surface area contributed by atoms with Gasteiger partial charge in [-0.1, -0.05) is 12.1 Å². The zero-order valence-electron chi connectivity index (χ0n) is 23.0. The number of carbonyl (C=O) groups excluding carboxylic acids is 3. The smallest absolute Gasteiger partial charge is 0.250 e. The van der Waals surface area contributed by atoms with Crippen LogP contribution < -0.4 is 11.1 Å². The Bertz CT molecular complexity index is 1730. The van der Waals surface area contributed by atoms with Crippen LogP contribution in [0.15, 0.2) is 54.9 Å². The molecule has 1 aromatic carbocycles. The van der Waals surface area contributed by atoms with Crippen LogP contribution in [0.1, 0.15) is 53.0 Å². The summed E-state index contributed by atoms with van der Waals surface area (Å²) < 4.78 is 1.78. The number of hydrogen-bond acceptors (Lipinski definition) is 5. The summed E-state index contributed by atoms with van der Waals surface area (Å²) in [6.07, 6.45) is 9.35. The van der Waals surface area contributed by atoms with E-state index in [4.69, 9.17) is 5.73 Å². The van der Waals surface area contributed by atoms with Gasteiger partial charge in [0.1, 0.15) is 18.4 Å². The van der Waals surface area contributed by atoms with E-state index in [9.17, 15) is 14.4 Å². The summed E-state index contributed by atoms with van der Waals surface area (Å²) in [5, 5.41) is 3.63. The van der Waals surface area contributed by atoms with E-state index < -0.39 is 11.9 Å². The summed E-state index contributed by atoms with van der Waals surface area (Å²) in [5.41, 5.74) is 12.1. The summed E-state index contributed by atoms with van der Waals surface area (Å²) in [7, 11) is 0. The molecule has 1 aliphatic heterocycles. The molecule has 3 atom stereocenters. The molecular formula is C32H32N6O3. The quantitative estimate of drug-likeness (QED) is 0.377. The predicted molar refractivity (Wildman–Crippen MR) is 155 cm³/mol. The van der Waals surface area contributed by atoms with Crippen molar-refractivity contribution in [2.45, 2.75) is 64.1 Å². The molecule has 1 saturated heterocycles. The lowest BCUT2D eigenvalue weighted by molar-refractivity contribution is -0.141. The highest BCUT2D eigenvalue weighted by Gasteiger charge is 2.51. The Morgan fingerprint density at radius 3 is 2.78 bits per heavy atom. The van der Waals surface area contributed by atoms with Crippen molar-refractivity contribution in [3.63, 3.8) is 0 Å². The molecule has 3 amide bonds. The minimum absolute atomic E-state index is 0.0131. The first-order chi connectivity index (χ1) is 19.9. The number of nitrogens with zero attached hydrogens (tertiary/aromatic N) is 4. The summed E-state index contributed by atoms with van der Waals surface area (Å²) in [4.78, 5) is 50.5. The molecule has 208 valence electrons. The maximum absolute atomic E-state index is 13.8. The van der Waals surface area contributed by atoms with Crippen molar-refractivity contribution < 1.29 is 14.4 Å². The number of amides is 3. The number of pyridine rings is 2. The minimum Gasteiger partial charge on any atom is -0.366 e. The lowest BCUT2D eigenvalue weighted by Crippen LogP contribution is -2.51. The SMILES string of the molecule is Cc1cccc(NC(=O)[C@@H]2C3CCC(C3)N2C(=O)Cn2cc(C(N)=O)c3cc(-c4cnc5c(c4)CCC5)ccc32)n1. The van der Waals surface area contributed by atoms with Crippen molar-refractivity contribution in [2.75, 3.05) is 5.32 Å². The molecule has 3 N–H and O–H groups in total. The fourth-order valence-electron chi connectivity index (χ4n) is 7.11. The minimum atomic E-state index is -0.548. The maximum atomic E-state index is 13.8. The molecule has 4 heterocycles. The van der Waals surface area contributed by atoms with Gasteiger partial charge in [-0.25, -0.2) is 4.98 Å². The number of nitrogens with one attached hydrogen (secondary N) is 1. The highest BCUT2D eigenvalue weighted by molar-refractivity contribution is 6.07. The van der Waals surface area contributed by atoms with E-state index in [1.165, 1.54) is 5.56 Å². The average molecular weight is 549 g/mol. The highest BCUT2D eigenvalue weighted by atomic mass is 16.2. The second kappa shape index (κ2) is 9.83. The average Bonchev–Trinajstić information content (AvgIpc) is 3.75. The van der Waals surface area contributed by atoms with Gasteiger partial charge in [-0.3, -0.25) is 19.4 Å². The third kappa shape index (κ3) is 4.45. The number of likely N-dealkylation sites (tertiary alicyclic amines) is 1. The van der Waals surface area contributed by atoms with Crippen molar-refractivity contribution in [3.8, 4) is 11.1 Å². The van der Waals surface area contributed by atoms with Gasteiger partial charge in [-0.2, -0.15) is 0 Å². The molecule has 0 radical (unpaired) electrons. The summed E-state index contributed by atoms with van der Waals surface area (Å²) >= 11 is 0. The molecule has 2 fully saturated rings. The van der Waals surface area contributed by atoms with E-state index in [1.54, 1.807) is 21.7 Å². The Hall–Kier alpha value is -4.53. The molecule has 3 aromatic heterocycles. The molecular weight excluding hydrogens is 516 g/mol. The number of nitrogens with two attached hydrogens (primary N) is 1. The number of benzene rings is 1. The molecule has 41 heavy (non-hydrogen) atoms. The van der Waals surface area contributed by atoms with Crippen LogP contribution in [0, 0.1) is 12.8 Å². The maximum Gasteiger partial charge on any atom is 0.250 e. The number of aryl methyl sites for hydroxylation is 3. The molecule has 4 aromatic rings. The van der Waals surface area contributed by atoms with Gasteiger partial charge < -0.3 is 20.5 Å². The molecule has 7 rings (SSSR count). The molecule has 1 saturated carbocycles. The molecule has 0 spiro atoms. The number of aromatic nitrogens is 3. The van der Waals surface area contributed by atoms with Crippen molar-refractivity contribution in [3.05, 3.63) is 77.4 Å². The van der Waals surface area contributed by atoms with E-state index in [0.717, 1.165) is 66.6 Å². The van der Waals surface area contributed by atoms with Crippen LogP contribution in [-0.4, -0.2) is 49.2 Å². The standard InChI is InChI=1S/C32H32N6O3/c1-18-4-2-7-28(35-18)36-32(41)30-21-8-10-23(13-21)38(30)29(39)17-37-16-25(31(33)40)24-14-19(9-11-27(24)37)22-12-20-5-3-6-26(20)34-15-22/h2,4,7,9,11-12,14-16,21,23,30H,3,5-6,8,10,13,17H2,1H3,(H2,33,40)(H,35,36,41)/t21?,23?,30-/m0/s1. The first kappa shape index (κ1) is 25.4. The van der Waals surface area contributed by atoms with Gasteiger partial charge in [0.05, 0.1) is 5.56 Å². The molecule has 2 unspecified atom stereocenters. The number of rotatable bonds is 6. The number of primary amides is 1. The third-order valence-corrected chi connectivity index (χ3v) is 8.99. The fraction of sp³-hybridized carbons (Fsp3) is 0.344. The van der Waals surface area contributed by atoms with Gasteiger partial charge in [0, 0.05) is 46.3 Å². The lowest BCUT2D eigenvalue weighted by Gasteiger charge is -2.34. The first-order valence-electron chi connectivity index (χ1n) is 14.3. The fourth-order valence-corrected chi connectivity index (χ4v) is 7.11. The Balaban J connectivity index is 1.17. The molecule has 2 aliphatic carbocycles. The van der Waals surface area contributed by atoms with Crippen LogP contribution >= 0.6 is 0 Å². The van der Waals surface area contributed by atoms with Crippen molar-refractivity contribution in [1.82, 2.24) is 19.4 Å². The monoisotopic (exact) mass is 548 g/mol. The van der Waals surface area contributed by atoms with Crippen LogP contribution in [0.4, 0.5) is 5.82 Å². The predicted octanol–water partition coefficient (Wildman–Crippen LogP) is 4.01. The number of fused-ring (bicyclic) bond motifs is 4. The van der Waals surface area contributed by atoms with Crippen LogP contribution in [0.25, 0.3) is 22.0 Å². The van der Waals surface area contributed by atoms with Crippen molar-refractivity contribution in [2.24, 2.45) is 11.7 Å². The zero-order valence-corrected chi connectivity index (χ0v) is 23.0. The topological polar surface area (TPSA) is 123 Å². The summed E-state index contributed by atoms with van der Waals surface area (Å²) in [6.45, 7) is 1.88. The molecule has 3 aliphatic rings. The normalized spacial score (nSPS) is 20.9. The van der Waals surface area contributed by atoms with Crippen LogP contribution in [0.3, 0.4) is 0 Å². The third-order valence-electron chi connectivity index (χ3n) is 8.99. The van der Waals surface area contributed by atoms with Crippen molar-refractivity contribution in [1.29, 1.82) is 0 Å². The van der Waals surface area contributed by atoms with E-state index in [0.29, 0.717) is 16.8 Å². The Kier molecular flexibility index (Phi) is 6.10. The van der Waals surface area contributed by atoms with Gasteiger partial charge >= 0.3 is 0 Å². The van der Waals surface area contributed by atoms with E-state index >= 15 is 0 Å². The lowest BCUT2D eigenvalue weighted by atomic mass is 9.97. The number of anilines is 1. The van der Waals surface area contributed by atoms with Gasteiger partial charge in [0.15, 0.2) is 0 Å². The van der Waals surface area contributed by atoms with Crippen LogP contribution in [0.5, 0.6) is 0 Å².